The first-order valence-electron chi connectivity index (χ1n) is 9.19. The van der Waals surface area contributed by atoms with E-state index >= 15 is 0 Å². The monoisotopic (exact) mass is 580 g/mol. The van der Waals surface area contributed by atoms with Crippen LogP contribution in [0.15, 0.2) is 54.6 Å². The minimum absolute atomic E-state index is 0.0694. The van der Waals surface area contributed by atoms with Crippen molar-refractivity contribution in [3.63, 3.8) is 0 Å². The van der Waals surface area contributed by atoms with Crippen molar-refractivity contribution < 1.29 is 35.9 Å². The highest BCUT2D eigenvalue weighted by atomic mass is 127. The maximum atomic E-state index is 14.3. The summed E-state index contributed by atoms with van der Waals surface area (Å²) in [7, 11) is 0. The number of amides is 1. The van der Waals surface area contributed by atoms with Gasteiger partial charge in [-0.3, -0.25) is 4.79 Å². The largest absolute Gasteiger partial charge is 0.456 e. The summed E-state index contributed by atoms with van der Waals surface area (Å²) in [5, 5.41) is 2.55. The number of nitrogens with one attached hydrogen (secondary N) is 1. The molecule has 0 spiro atoms. The number of alkyl halides is 4. The number of ether oxygens (including phenoxy) is 1. The third-order valence-electron chi connectivity index (χ3n) is 4.49. The standard InChI is InChI=1S/C22H15F6IN2O2/c1-21(25,26)22(27,28)11-3-2-4-14(7-11)33-18-9-12(23)8-17(19(18)20(30)32)31-16-6-5-13(29)10-15(16)24/h2-10,31H,1H3,(H2,30,32). The van der Waals surface area contributed by atoms with E-state index in [-0.39, 0.29) is 24.0 Å². The smallest absolute Gasteiger partial charge is 0.335 e. The highest BCUT2D eigenvalue weighted by Gasteiger charge is 2.53. The number of carbonyl (C=O) groups is 1. The quantitative estimate of drug-likeness (QED) is 0.235. The Morgan fingerprint density at radius 2 is 1.70 bits per heavy atom. The number of hydrogen-bond acceptors (Lipinski definition) is 3. The molecule has 1 amide bonds. The summed E-state index contributed by atoms with van der Waals surface area (Å²) < 4.78 is 89.2. The maximum Gasteiger partial charge on any atom is 0.335 e. The Hall–Kier alpha value is -2.96. The van der Waals surface area contributed by atoms with E-state index in [2.05, 4.69) is 5.32 Å². The summed E-state index contributed by atoms with van der Waals surface area (Å²) in [4.78, 5) is 12.1. The van der Waals surface area contributed by atoms with E-state index in [1.807, 2.05) is 22.6 Å². The number of primary amides is 1. The van der Waals surface area contributed by atoms with Gasteiger partial charge in [0, 0.05) is 22.1 Å². The van der Waals surface area contributed by atoms with Crippen LogP contribution in [-0.4, -0.2) is 11.8 Å². The Balaban J connectivity index is 2.04. The minimum Gasteiger partial charge on any atom is -0.456 e. The van der Waals surface area contributed by atoms with Gasteiger partial charge in [-0.25, -0.2) is 8.78 Å². The summed E-state index contributed by atoms with van der Waals surface area (Å²) >= 11 is 1.88. The Kier molecular flexibility index (Phi) is 6.82. The van der Waals surface area contributed by atoms with Crippen LogP contribution < -0.4 is 15.8 Å². The van der Waals surface area contributed by atoms with Gasteiger partial charge in [0.05, 0.1) is 11.4 Å². The van der Waals surface area contributed by atoms with Crippen molar-refractivity contribution in [1.82, 2.24) is 0 Å². The zero-order valence-electron chi connectivity index (χ0n) is 16.7. The number of hydrogen-bond donors (Lipinski definition) is 2. The van der Waals surface area contributed by atoms with Crippen molar-refractivity contribution in [1.29, 1.82) is 0 Å². The highest BCUT2D eigenvalue weighted by molar-refractivity contribution is 14.1. The maximum absolute atomic E-state index is 14.3. The first kappa shape index (κ1) is 24.7. The summed E-state index contributed by atoms with van der Waals surface area (Å²) in [5.74, 6) is -12.5. The van der Waals surface area contributed by atoms with Gasteiger partial charge in [0.15, 0.2) is 0 Å². The van der Waals surface area contributed by atoms with E-state index in [0.29, 0.717) is 9.64 Å². The van der Waals surface area contributed by atoms with Crippen molar-refractivity contribution in [3.8, 4) is 11.5 Å². The average molecular weight is 580 g/mol. The fraction of sp³-hybridized carbons (Fsp3) is 0.136. The van der Waals surface area contributed by atoms with Crippen LogP contribution in [0.2, 0.25) is 0 Å². The second-order valence-electron chi connectivity index (χ2n) is 7.03. The van der Waals surface area contributed by atoms with Gasteiger partial charge in [-0.05, 0) is 59.0 Å². The fourth-order valence-corrected chi connectivity index (χ4v) is 3.34. The van der Waals surface area contributed by atoms with E-state index in [1.165, 1.54) is 12.1 Å². The van der Waals surface area contributed by atoms with Crippen molar-refractivity contribution in [3.05, 3.63) is 80.9 Å². The molecule has 3 aromatic rings. The lowest BCUT2D eigenvalue weighted by Gasteiger charge is -2.23. The highest BCUT2D eigenvalue weighted by Crippen LogP contribution is 2.44. The molecule has 4 nitrogen and oxygen atoms in total. The number of halogens is 7. The van der Waals surface area contributed by atoms with Gasteiger partial charge in [-0.1, -0.05) is 12.1 Å². The molecule has 0 radical (unpaired) electrons. The molecule has 0 heterocycles. The van der Waals surface area contributed by atoms with Gasteiger partial charge in [0.1, 0.15) is 28.7 Å². The Morgan fingerprint density at radius 3 is 2.30 bits per heavy atom. The fourth-order valence-electron chi connectivity index (χ4n) is 2.89. The molecule has 0 aliphatic heterocycles. The van der Waals surface area contributed by atoms with Crippen LogP contribution in [0.4, 0.5) is 37.7 Å². The van der Waals surface area contributed by atoms with Crippen LogP contribution in [0.5, 0.6) is 11.5 Å². The lowest BCUT2D eigenvalue weighted by atomic mass is 10.0. The molecular weight excluding hydrogens is 565 g/mol. The third-order valence-corrected chi connectivity index (χ3v) is 5.16. The molecule has 0 fully saturated rings. The minimum atomic E-state index is -4.52. The predicted molar refractivity (Wildman–Crippen MR) is 118 cm³/mol. The Bertz CT molecular complexity index is 1210. The first-order chi connectivity index (χ1) is 15.3. The molecule has 0 aromatic heterocycles. The Labute approximate surface area is 197 Å². The molecular formula is C22H15F6IN2O2. The number of carbonyl (C=O) groups excluding carboxylic acids is 1. The molecule has 0 saturated heterocycles. The summed E-state index contributed by atoms with van der Waals surface area (Å²) in [6, 6.07) is 9.32. The van der Waals surface area contributed by atoms with Crippen molar-refractivity contribution in [2.75, 3.05) is 5.32 Å². The molecule has 3 aromatic carbocycles. The molecule has 0 aliphatic carbocycles. The topological polar surface area (TPSA) is 64.3 Å². The molecule has 0 bridgehead atoms. The lowest BCUT2D eigenvalue weighted by Crippen LogP contribution is -2.34. The van der Waals surface area contributed by atoms with E-state index < -0.39 is 46.3 Å². The summed E-state index contributed by atoms with van der Waals surface area (Å²) in [6.45, 7) is 0.0694. The second-order valence-corrected chi connectivity index (χ2v) is 8.28. The molecule has 33 heavy (non-hydrogen) atoms. The number of anilines is 2. The molecule has 3 N–H and O–H groups in total. The number of benzene rings is 3. The van der Waals surface area contributed by atoms with Crippen molar-refractivity contribution >= 4 is 39.9 Å². The third kappa shape index (κ3) is 5.34. The van der Waals surface area contributed by atoms with Gasteiger partial charge in [0.25, 0.3) is 5.91 Å². The van der Waals surface area contributed by atoms with E-state index in [9.17, 15) is 31.1 Å². The summed E-state index contributed by atoms with van der Waals surface area (Å²) in [5.41, 5.74) is 3.59. The lowest BCUT2D eigenvalue weighted by molar-refractivity contribution is -0.204. The molecule has 0 aliphatic rings. The summed E-state index contributed by atoms with van der Waals surface area (Å²) in [6.07, 6.45) is 0. The molecule has 3 rings (SSSR count). The predicted octanol–water partition coefficient (Wildman–Crippen LogP) is 6.95. The van der Waals surface area contributed by atoms with Crippen LogP contribution in [0, 0.1) is 15.2 Å². The van der Waals surface area contributed by atoms with Crippen LogP contribution in [-0.2, 0) is 5.92 Å². The van der Waals surface area contributed by atoms with Crippen LogP contribution in [0.25, 0.3) is 0 Å². The van der Waals surface area contributed by atoms with Crippen LogP contribution >= 0.6 is 22.6 Å². The van der Waals surface area contributed by atoms with Gasteiger partial charge in [0.2, 0.25) is 0 Å². The molecule has 0 saturated carbocycles. The first-order valence-corrected chi connectivity index (χ1v) is 10.3. The zero-order chi connectivity index (χ0) is 24.6. The van der Waals surface area contributed by atoms with Crippen LogP contribution in [0.3, 0.4) is 0 Å². The zero-order valence-corrected chi connectivity index (χ0v) is 18.9. The van der Waals surface area contributed by atoms with E-state index in [4.69, 9.17) is 10.5 Å². The number of rotatable bonds is 7. The number of nitrogens with two attached hydrogens (primary N) is 1. The van der Waals surface area contributed by atoms with Crippen molar-refractivity contribution in [2.24, 2.45) is 5.73 Å². The molecule has 0 unspecified atom stereocenters. The normalized spacial score (nSPS) is 11.9. The van der Waals surface area contributed by atoms with E-state index in [0.717, 1.165) is 30.3 Å². The van der Waals surface area contributed by atoms with Gasteiger partial charge in [-0.15, -0.1) is 0 Å². The van der Waals surface area contributed by atoms with Gasteiger partial charge in [-0.2, -0.15) is 17.6 Å². The molecule has 174 valence electrons. The van der Waals surface area contributed by atoms with Gasteiger partial charge >= 0.3 is 11.8 Å². The Morgan fingerprint density at radius 1 is 1.00 bits per heavy atom. The molecule has 11 heteroatoms. The second kappa shape index (κ2) is 9.12. The molecule has 0 atom stereocenters. The van der Waals surface area contributed by atoms with Crippen LogP contribution in [0.1, 0.15) is 22.8 Å². The average Bonchev–Trinajstić information content (AvgIpc) is 2.69. The van der Waals surface area contributed by atoms with Crippen molar-refractivity contribution in [2.45, 2.75) is 18.8 Å². The van der Waals surface area contributed by atoms with Gasteiger partial charge < -0.3 is 15.8 Å². The van der Waals surface area contributed by atoms with E-state index in [1.54, 1.807) is 6.07 Å². The SMILES string of the molecule is CC(F)(F)C(F)(F)c1cccc(Oc2cc(F)cc(Nc3ccc(I)cc3F)c2C(N)=O)c1.